The first-order chi connectivity index (χ1) is 13.0. The van der Waals surface area contributed by atoms with Crippen LogP contribution in [0, 0.1) is 6.92 Å². The van der Waals surface area contributed by atoms with Crippen LogP contribution in [-0.4, -0.2) is 25.7 Å². The molecule has 0 radical (unpaired) electrons. The Hall–Kier alpha value is -2.60. The summed E-state index contributed by atoms with van der Waals surface area (Å²) in [7, 11) is 1.99. The molecular formula is C21H20N2O3S. The number of ether oxygens (including phenoxy) is 1. The maximum atomic E-state index is 11.8. The molecule has 1 saturated heterocycles. The summed E-state index contributed by atoms with van der Waals surface area (Å²) in [5.74, 6) is 1.65. The Balaban J connectivity index is 1.41. The van der Waals surface area contributed by atoms with Crippen molar-refractivity contribution in [2.75, 3.05) is 0 Å². The van der Waals surface area contributed by atoms with Gasteiger partial charge in [0.25, 0.3) is 0 Å². The van der Waals surface area contributed by atoms with Crippen LogP contribution in [0.2, 0.25) is 0 Å². The molecule has 6 heteroatoms. The molecule has 5 nitrogen and oxygen atoms in total. The zero-order chi connectivity index (χ0) is 19.0. The number of nitrogens with zero attached hydrogens (tertiary/aromatic N) is 2. The Labute approximate surface area is 161 Å². The number of carbonyl (C=O) groups excluding carboxylic acids is 2. The number of fused-ring (bicyclic) bond motifs is 1. The fourth-order valence-corrected chi connectivity index (χ4v) is 4.27. The number of benzene rings is 2. The van der Waals surface area contributed by atoms with Gasteiger partial charge in [-0.05, 0) is 48.7 Å². The highest BCUT2D eigenvalue weighted by molar-refractivity contribution is 8.15. The van der Waals surface area contributed by atoms with Gasteiger partial charge in [-0.2, -0.15) is 0 Å². The highest BCUT2D eigenvalue weighted by Crippen LogP contribution is 2.28. The first kappa shape index (κ1) is 17.8. The zero-order valence-electron chi connectivity index (χ0n) is 15.3. The van der Waals surface area contributed by atoms with E-state index in [1.165, 1.54) is 5.56 Å². The molecule has 1 aromatic heterocycles. The van der Waals surface area contributed by atoms with Gasteiger partial charge in [-0.25, -0.2) is 4.98 Å². The number of aryl methyl sites for hydroxylation is 2. The topological polar surface area (TPSA) is 61.2 Å². The molecule has 138 valence electrons. The van der Waals surface area contributed by atoms with Crippen LogP contribution in [0.1, 0.15) is 23.4 Å². The molecule has 2 heterocycles. The van der Waals surface area contributed by atoms with Crippen LogP contribution in [0.3, 0.4) is 0 Å². The molecule has 1 fully saturated rings. The SMILES string of the molecule is Cc1ccc2nc(COc3ccc(CC4SC(=O)CC4=O)cc3)n(C)c2c1. The van der Waals surface area contributed by atoms with Crippen molar-refractivity contribution >= 4 is 33.7 Å². The maximum Gasteiger partial charge on any atom is 0.197 e. The second kappa shape index (κ2) is 7.19. The summed E-state index contributed by atoms with van der Waals surface area (Å²) in [5.41, 5.74) is 4.29. The summed E-state index contributed by atoms with van der Waals surface area (Å²) in [6, 6.07) is 13.9. The highest BCUT2D eigenvalue weighted by atomic mass is 32.2. The van der Waals surface area contributed by atoms with Gasteiger partial charge in [-0.15, -0.1) is 0 Å². The molecule has 27 heavy (non-hydrogen) atoms. The number of carbonyl (C=O) groups is 2. The van der Waals surface area contributed by atoms with Crippen molar-refractivity contribution in [3.8, 4) is 5.75 Å². The third kappa shape index (κ3) is 3.76. The molecule has 1 aliphatic rings. The monoisotopic (exact) mass is 380 g/mol. The van der Waals surface area contributed by atoms with Gasteiger partial charge < -0.3 is 9.30 Å². The predicted octanol–water partition coefficient (Wildman–Crippen LogP) is 3.60. The van der Waals surface area contributed by atoms with E-state index in [9.17, 15) is 9.59 Å². The number of hydrogen-bond acceptors (Lipinski definition) is 5. The lowest BCUT2D eigenvalue weighted by atomic mass is 10.1. The van der Waals surface area contributed by atoms with Gasteiger partial charge in [0.15, 0.2) is 10.9 Å². The minimum absolute atomic E-state index is 0.0254. The molecule has 0 aliphatic carbocycles. The van der Waals surface area contributed by atoms with Gasteiger partial charge in [0.2, 0.25) is 0 Å². The first-order valence-electron chi connectivity index (χ1n) is 8.85. The molecule has 0 amide bonds. The van der Waals surface area contributed by atoms with Gasteiger partial charge in [-0.3, -0.25) is 9.59 Å². The van der Waals surface area contributed by atoms with Gasteiger partial charge in [0.1, 0.15) is 18.2 Å². The third-order valence-corrected chi connectivity index (χ3v) is 5.91. The van der Waals surface area contributed by atoms with Crippen LogP contribution in [0.15, 0.2) is 42.5 Å². The summed E-state index contributed by atoms with van der Waals surface area (Å²) >= 11 is 1.15. The largest absolute Gasteiger partial charge is 0.486 e. The number of thioether (sulfide) groups is 1. The van der Waals surface area contributed by atoms with Crippen LogP contribution in [0.4, 0.5) is 0 Å². The van der Waals surface area contributed by atoms with E-state index >= 15 is 0 Å². The van der Waals surface area contributed by atoms with E-state index in [4.69, 9.17) is 4.74 Å². The standard InChI is InChI=1S/C21H20N2O3S/c1-13-3-8-16-17(9-13)23(2)20(22-16)12-26-15-6-4-14(5-7-15)10-19-18(24)11-21(25)27-19/h3-9,19H,10-12H2,1-2H3. The van der Waals surface area contributed by atoms with Crippen LogP contribution in [0.25, 0.3) is 11.0 Å². The van der Waals surface area contributed by atoms with E-state index in [1.54, 1.807) is 0 Å². The van der Waals surface area contributed by atoms with E-state index in [0.717, 1.165) is 39.9 Å². The van der Waals surface area contributed by atoms with Crippen LogP contribution in [-0.2, 0) is 29.7 Å². The number of aromatic nitrogens is 2. The normalized spacial score (nSPS) is 17.0. The zero-order valence-corrected chi connectivity index (χ0v) is 16.1. The van der Waals surface area contributed by atoms with E-state index in [2.05, 4.69) is 28.6 Å². The molecular weight excluding hydrogens is 360 g/mol. The molecule has 2 aromatic carbocycles. The molecule has 1 atom stereocenters. The van der Waals surface area contributed by atoms with Crippen molar-refractivity contribution < 1.29 is 14.3 Å². The number of ketones is 1. The lowest BCUT2D eigenvalue weighted by Gasteiger charge is -2.09. The molecule has 3 aromatic rings. The average molecular weight is 380 g/mol. The molecule has 0 saturated carbocycles. The number of imidazole rings is 1. The predicted molar refractivity (Wildman–Crippen MR) is 106 cm³/mol. The Kier molecular flexibility index (Phi) is 4.74. The van der Waals surface area contributed by atoms with E-state index < -0.39 is 0 Å². The lowest BCUT2D eigenvalue weighted by molar-refractivity contribution is -0.121. The van der Waals surface area contributed by atoms with Crippen molar-refractivity contribution in [3.05, 3.63) is 59.4 Å². The molecule has 1 aliphatic heterocycles. The van der Waals surface area contributed by atoms with Gasteiger partial charge in [0.05, 0.1) is 22.7 Å². The highest BCUT2D eigenvalue weighted by Gasteiger charge is 2.31. The molecule has 0 spiro atoms. The van der Waals surface area contributed by atoms with Crippen molar-refractivity contribution in [3.63, 3.8) is 0 Å². The lowest BCUT2D eigenvalue weighted by Crippen LogP contribution is -2.13. The summed E-state index contributed by atoms with van der Waals surface area (Å²) in [6.07, 6.45) is 0.647. The number of rotatable bonds is 5. The van der Waals surface area contributed by atoms with Crippen molar-refractivity contribution in [2.45, 2.75) is 31.6 Å². The second-order valence-corrected chi connectivity index (χ2v) is 8.10. The summed E-state index contributed by atoms with van der Waals surface area (Å²) in [4.78, 5) is 27.8. The third-order valence-electron chi connectivity index (χ3n) is 4.79. The minimum Gasteiger partial charge on any atom is -0.486 e. The summed E-state index contributed by atoms with van der Waals surface area (Å²) in [5, 5.41) is -0.268. The number of hydrogen-bond donors (Lipinski definition) is 0. The fraction of sp³-hybridized carbons (Fsp3) is 0.286. The molecule has 1 unspecified atom stereocenters. The smallest absolute Gasteiger partial charge is 0.197 e. The van der Waals surface area contributed by atoms with Crippen LogP contribution in [0.5, 0.6) is 5.75 Å². The van der Waals surface area contributed by atoms with Gasteiger partial charge in [0, 0.05) is 7.05 Å². The fourth-order valence-electron chi connectivity index (χ4n) is 3.24. The molecule has 4 rings (SSSR count). The number of Topliss-reactive ketones (excluding diaryl/α,β-unsaturated/α-hetero) is 1. The van der Waals surface area contributed by atoms with E-state index in [0.29, 0.717) is 13.0 Å². The van der Waals surface area contributed by atoms with Gasteiger partial charge in [-0.1, -0.05) is 30.0 Å². The maximum absolute atomic E-state index is 11.8. The minimum atomic E-state index is -0.243. The Morgan fingerprint density at radius 3 is 2.67 bits per heavy atom. The second-order valence-electron chi connectivity index (χ2n) is 6.84. The first-order valence-corrected chi connectivity index (χ1v) is 9.73. The van der Waals surface area contributed by atoms with Gasteiger partial charge >= 0.3 is 0 Å². The average Bonchev–Trinajstić information content (AvgIpc) is 3.13. The van der Waals surface area contributed by atoms with Crippen molar-refractivity contribution in [1.29, 1.82) is 0 Å². The Morgan fingerprint density at radius 1 is 1.19 bits per heavy atom. The summed E-state index contributed by atoms with van der Waals surface area (Å²) < 4.78 is 7.94. The van der Waals surface area contributed by atoms with E-state index in [-0.39, 0.29) is 22.6 Å². The van der Waals surface area contributed by atoms with Crippen molar-refractivity contribution in [1.82, 2.24) is 9.55 Å². The molecule has 0 N–H and O–H groups in total. The quantitative estimate of drug-likeness (QED) is 0.633. The molecule has 0 bridgehead atoms. The van der Waals surface area contributed by atoms with Crippen LogP contribution < -0.4 is 4.74 Å². The Morgan fingerprint density at radius 2 is 1.96 bits per heavy atom. The van der Waals surface area contributed by atoms with Crippen molar-refractivity contribution in [2.24, 2.45) is 7.05 Å². The summed E-state index contributed by atoms with van der Waals surface area (Å²) in [6.45, 7) is 2.45. The van der Waals surface area contributed by atoms with E-state index in [1.807, 2.05) is 37.4 Å². The van der Waals surface area contributed by atoms with Crippen LogP contribution >= 0.6 is 11.8 Å². The Bertz CT molecular complexity index is 1020.